The Hall–Kier alpha value is -7.55. The van der Waals surface area contributed by atoms with Gasteiger partial charge in [-0.25, -0.2) is 14.5 Å². The van der Waals surface area contributed by atoms with Crippen LogP contribution in [0.1, 0.15) is 57.7 Å². The van der Waals surface area contributed by atoms with E-state index in [2.05, 4.69) is 22.5 Å². The fourth-order valence-electron chi connectivity index (χ4n) is 9.58. The molecule has 16 nitrogen and oxygen atoms in total. The van der Waals surface area contributed by atoms with E-state index in [-0.39, 0.29) is 56.5 Å². The van der Waals surface area contributed by atoms with E-state index in [0.29, 0.717) is 27.8 Å². The number of urea groups is 1. The maximum atomic E-state index is 16.3. The van der Waals surface area contributed by atoms with Crippen LogP contribution in [0.5, 0.6) is 5.75 Å². The van der Waals surface area contributed by atoms with Crippen LogP contribution in [-0.2, 0) is 34.0 Å². The quantitative estimate of drug-likeness (QED) is 0.0596. The number of benzene rings is 5. The summed E-state index contributed by atoms with van der Waals surface area (Å²) in [5.74, 6) is 1.84. The SMILES string of the molecule is COCCOC(=O)N1C(=O)C2(c3cc(C#CCNC(N)=O)ccc31)C(C(=O)NCC(O)c1ccccc1)C1C(=O)OC(c3ccccc3)C(c3ccccc3)N1C2c1ccccc1OCCO. The Balaban J connectivity index is 1.44. The first-order chi connectivity index (χ1) is 32.6. The minimum atomic E-state index is -2.21. The second-order valence-corrected chi connectivity index (χ2v) is 16.0. The Morgan fingerprint density at radius 2 is 1.51 bits per heavy atom. The summed E-state index contributed by atoms with van der Waals surface area (Å²) in [6.45, 7) is -1.18. The molecule has 0 bridgehead atoms. The number of hydrogen-bond acceptors (Lipinski definition) is 12. The zero-order valence-corrected chi connectivity index (χ0v) is 36.4. The monoisotopic (exact) mass is 907 g/mol. The summed E-state index contributed by atoms with van der Waals surface area (Å²) >= 11 is 0. The van der Waals surface area contributed by atoms with Gasteiger partial charge in [0.2, 0.25) is 11.8 Å². The summed E-state index contributed by atoms with van der Waals surface area (Å²) in [5, 5.41) is 26.7. The van der Waals surface area contributed by atoms with Gasteiger partial charge >= 0.3 is 18.1 Å². The normalized spacial score (nSPS) is 22.1. The molecular weight excluding hydrogens is 859 g/mol. The number of cyclic esters (lactones) is 1. The van der Waals surface area contributed by atoms with E-state index in [0.717, 1.165) is 4.90 Å². The first-order valence-corrected chi connectivity index (χ1v) is 21.7. The highest BCUT2D eigenvalue weighted by molar-refractivity contribution is 6.23. The third-order valence-corrected chi connectivity index (χ3v) is 12.2. The van der Waals surface area contributed by atoms with Crippen LogP contribution in [-0.4, -0.2) is 97.7 Å². The van der Waals surface area contributed by atoms with Gasteiger partial charge in [0.1, 0.15) is 36.5 Å². The van der Waals surface area contributed by atoms with Gasteiger partial charge < -0.3 is 45.5 Å². The van der Waals surface area contributed by atoms with Gasteiger partial charge in [-0.1, -0.05) is 121 Å². The third kappa shape index (κ3) is 8.80. The van der Waals surface area contributed by atoms with Crippen molar-refractivity contribution in [3.05, 3.63) is 167 Å². The Morgan fingerprint density at radius 1 is 0.836 bits per heavy atom. The van der Waals surface area contributed by atoms with Crippen molar-refractivity contribution < 1.29 is 53.1 Å². The Kier molecular flexibility index (Phi) is 13.9. The Bertz CT molecular complexity index is 2680. The lowest BCUT2D eigenvalue weighted by Gasteiger charge is -2.46. The molecule has 0 saturated carbocycles. The predicted octanol–water partition coefficient (Wildman–Crippen LogP) is 4.38. The van der Waals surface area contributed by atoms with E-state index in [4.69, 9.17) is 24.7 Å². The van der Waals surface area contributed by atoms with E-state index < -0.39 is 71.6 Å². The summed E-state index contributed by atoms with van der Waals surface area (Å²) < 4.78 is 23.5. The number of carbonyl (C=O) groups excluding carboxylic acids is 5. The molecule has 344 valence electrons. The molecule has 5 aromatic carbocycles. The average Bonchev–Trinajstić information content (AvgIpc) is 3.80. The van der Waals surface area contributed by atoms with Gasteiger partial charge in [0.05, 0.1) is 49.6 Å². The molecule has 2 saturated heterocycles. The summed E-state index contributed by atoms with van der Waals surface area (Å²) in [4.78, 5) is 76.0. The number of esters is 1. The number of nitrogens with two attached hydrogens (primary N) is 1. The zero-order valence-electron chi connectivity index (χ0n) is 36.4. The molecule has 1 spiro atoms. The van der Waals surface area contributed by atoms with Crippen molar-refractivity contribution >= 4 is 35.6 Å². The number of nitrogens with one attached hydrogen (secondary N) is 2. The van der Waals surface area contributed by atoms with E-state index in [1.165, 1.54) is 13.2 Å². The number of imide groups is 1. The van der Waals surface area contributed by atoms with Crippen molar-refractivity contribution in [2.45, 2.75) is 35.7 Å². The molecule has 6 N–H and O–H groups in total. The van der Waals surface area contributed by atoms with E-state index in [1.807, 2.05) is 65.6 Å². The summed E-state index contributed by atoms with van der Waals surface area (Å²) in [5.41, 5.74) is 5.76. The molecule has 2 fully saturated rings. The molecule has 0 aliphatic carbocycles. The number of rotatable bonds is 14. The van der Waals surface area contributed by atoms with E-state index >= 15 is 14.4 Å². The van der Waals surface area contributed by atoms with Gasteiger partial charge in [-0.15, -0.1) is 0 Å². The molecule has 67 heavy (non-hydrogen) atoms. The number of hydrogen-bond donors (Lipinski definition) is 5. The number of amides is 5. The third-order valence-electron chi connectivity index (χ3n) is 12.2. The van der Waals surface area contributed by atoms with Crippen LogP contribution >= 0.6 is 0 Å². The van der Waals surface area contributed by atoms with Crippen molar-refractivity contribution in [1.29, 1.82) is 0 Å². The van der Waals surface area contributed by atoms with Crippen molar-refractivity contribution in [2.24, 2.45) is 11.7 Å². The summed E-state index contributed by atoms with van der Waals surface area (Å²) in [6, 6.07) is 34.0. The smallest absolute Gasteiger partial charge is 0.421 e. The van der Waals surface area contributed by atoms with Crippen LogP contribution in [0.15, 0.2) is 133 Å². The molecule has 0 aromatic heterocycles. The number of fused-ring (bicyclic) bond motifs is 3. The highest BCUT2D eigenvalue weighted by atomic mass is 16.6. The largest absolute Gasteiger partial charge is 0.491 e. The van der Waals surface area contributed by atoms with Crippen LogP contribution in [0, 0.1) is 17.8 Å². The number of carbonyl (C=O) groups is 5. The zero-order chi connectivity index (χ0) is 47.1. The van der Waals surface area contributed by atoms with E-state index in [1.54, 1.807) is 66.7 Å². The van der Waals surface area contributed by atoms with Crippen molar-refractivity contribution in [2.75, 3.05) is 51.5 Å². The molecule has 7 unspecified atom stereocenters. The number of ether oxygens (including phenoxy) is 4. The number of methoxy groups -OCH3 is 1. The second-order valence-electron chi connectivity index (χ2n) is 16.0. The van der Waals surface area contributed by atoms with Gasteiger partial charge in [-0.2, -0.15) is 0 Å². The number of anilines is 1. The number of aliphatic hydroxyl groups is 2. The van der Waals surface area contributed by atoms with E-state index in [9.17, 15) is 19.8 Å². The fourth-order valence-corrected chi connectivity index (χ4v) is 9.58. The average molecular weight is 908 g/mol. The number of para-hydroxylation sites is 1. The maximum absolute atomic E-state index is 16.3. The standard InChI is InChI=1S/C51H49N5O11/c1-64-28-29-66-50(63)55-38-24-23-32(14-13-25-53-49(52)62)30-37(38)51(48(55)61)41(46(59)54-31-39(58)33-15-5-2-6-16-33)43-47(60)67-44(35-19-9-4-10-20-35)42(34-17-7-3-8-18-34)56(43)45(51)36-21-11-12-22-40(36)65-27-26-57/h2-12,15-24,30,39,41-45,57-58H,25-29,31H2,1H3,(H,54,59)(H3,52,53,62). The Morgan fingerprint density at radius 3 is 2.19 bits per heavy atom. The van der Waals surface area contributed by atoms with Crippen molar-refractivity contribution in [3.63, 3.8) is 0 Å². The number of nitrogens with zero attached hydrogens (tertiary/aromatic N) is 2. The van der Waals surface area contributed by atoms with Crippen LogP contribution < -0.4 is 26.0 Å². The first-order valence-electron chi connectivity index (χ1n) is 21.7. The maximum Gasteiger partial charge on any atom is 0.421 e. The molecule has 5 aromatic rings. The molecule has 3 aliphatic heterocycles. The minimum Gasteiger partial charge on any atom is -0.491 e. The summed E-state index contributed by atoms with van der Waals surface area (Å²) in [6.07, 6.45) is -3.27. The Labute approximate surface area is 386 Å². The van der Waals surface area contributed by atoms with Gasteiger partial charge in [-0.3, -0.25) is 19.3 Å². The van der Waals surface area contributed by atoms with Gasteiger partial charge in [0.15, 0.2) is 0 Å². The lowest BCUT2D eigenvalue weighted by Crippen LogP contribution is -2.56. The highest BCUT2D eigenvalue weighted by Gasteiger charge is 2.76. The summed E-state index contributed by atoms with van der Waals surface area (Å²) in [7, 11) is 1.43. The van der Waals surface area contributed by atoms with Gasteiger partial charge in [-0.05, 0) is 46.5 Å². The molecule has 3 aliphatic rings. The topological polar surface area (TPSA) is 219 Å². The second kappa shape index (κ2) is 20.3. The molecule has 7 atom stereocenters. The van der Waals surface area contributed by atoms with Crippen LogP contribution in [0.3, 0.4) is 0 Å². The number of aliphatic hydroxyl groups excluding tert-OH is 2. The predicted molar refractivity (Wildman–Crippen MR) is 243 cm³/mol. The van der Waals surface area contributed by atoms with Crippen LogP contribution in [0.25, 0.3) is 0 Å². The molecule has 8 rings (SSSR count). The number of primary amides is 1. The van der Waals surface area contributed by atoms with Crippen molar-refractivity contribution in [3.8, 4) is 17.6 Å². The molecule has 0 radical (unpaired) electrons. The molecule has 3 heterocycles. The van der Waals surface area contributed by atoms with Gasteiger partial charge in [0, 0.05) is 24.8 Å². The van der Waals surface area contributed by atoms with Gasteiger partial charge in [0.25, 0.3) is 0 Å². The minimum absolute atomic E-state index is 0.00786. The van der Waals surface area contributed by atoms with Crippen LogP contribution in [0.4, 0.5) is 15.3 Å². The molecule has 16 heteroatoms. The number of morpholine rings is 1. The molecular formula is C51H49N5O11. The molecule has 5 amide bonds. The highest BCUT2D eigenvalue weighted by Crippen LogP contribution is 2.66. The first kappa shape index (κ1) is 46.0. The van der Waals surface area contributed by atoms with Crippen molar-refractivity contribution in [1.82, 2.24) is 15.5 Å². The fraction of sp³-hybridized carbons (Fsp3) is 0.275. The lowest BCUT2D eigenvalue weighted by atomic mass is 9.65. The lowest BCUT2D eigenvalue weighted by molar-refractivity contribution is -0.178. The van der Waals surface area contributed by atoms with Crippen LogP contribution in [0.2, 0.25) is 0 Å².